The van der Waals surface area contributed by atoms with Crippen LogP contribution in [0.15, 0.2) is 0 Å². The highest BCUT2D eigenvalue weighted by atomic mass is 16.6. The van der Waals surface area contributed by atoms with Crippen molar-refractivity contribution in [1.29, 1.82) is 0 Å². The molecule has 0 aromatic carbocycles. The molecule has 1 aliphatic heterocycles. The standard InChI is InChI=1S/C11H19NO4/c1-10(2,3)16-9(14)12-6-8(15-7-13)11(12,4)5/h7-8H,6H2,1-5H3. The summed E-state index contributed by atoms with van der Waals surface area (Å²) in [5, 5.41) is 0. The van der Waals surface area contributed by atoms with Gasteiger partial charge in [-0.1, -0.05) is 0 Å². The van der Waals surface area contributed by atoms with Crippen molar-refractivity contribution in [2.24, 2.45) is 0 Å². The summed E-state index contributed by atoms with van der Waals surface area (Å²) in [6, 6.07) is 0. The normalized spacial score (nSPS) is 23.3. The zero-order chi connectivity index (χ0) is 12.6. The molecule has 0 bridgehead atoms. The predicted molar refractivity (Wildman–Crippen MR) is 58.0 cm³/mol. The van der Waals surface area contributed by atoms with E-state index in [1.54, 1.807) is 4.90 Å². The van der Waals surface area contributed by atoms with E-state index < -0.39 is 11.1 Å². The van der Waals surface area contributed by atoms with Gasteiger partial charge in [0.25, 0.3) is 6.47 Å². The Hall–Kier alpha value is -1.26. The summed E-state index contributed by atoms with van der Waals surface area (Å²) in [5.41, 5.74) is -1.01. The number of carbonyl (C=O) groups excluding carboxylic acids is 2. The highest BCUT2D eigenvalue weighted by molar-refractivity contribution is 5.71. The van der Waals surface area contributed by atoms with Gasteiger partial charge in [-0.25, -0.2) is 4.79 Å². The van der Waals surface area contributed by atoms with Crippen molar-refractivity contribution in [3.05, 3.63) is 0 Å². The number of amides is 1. The van der Waals surface area contributed by atoms with Crippen molar-refractivity contribution >= 4 is 12.6 Å². The van der Waals surface area contributed by atoms with Crippen LogP contribution in [0.25, 0.3) is 0 Å². The fraction of sp³-hybridized carbons (Fsp3) is 0.818. The van der Waals surface area contributed by atoms with E-state index in [-0.39, 0.29) is 12.2 Å². The zero-order valence-corrected chi connectivity index (χ0v) is 10.4. The molecule has 1 fully saturated rings. The molecular weight excluding hydrogens is 210 g/mol. The molecule has 0 saturated carbocycles. The summed E-state index contributed by atoms with van der Waals surface area (Å²) in [5.74, 6) is 0. The summed E-state index contributed by atoms with van der Waals surface area (Å²) in [6.45, 7) is 9.94. The van der Waals surface area contributed by atoms with Gasteiger partial charge in [0.05, 0.1) is 12.1 Å². The molecule has 1 heterocycles. The van der Waals surface area contributed by atoms with Gasteiger partial charge in [0, 0.05) is 0 Å². The van der Waals surface area contributed by atoms with Crippen molar-refractivity contribution < 1.29 is 19.1 Å². The number of likely N-dealkylation sites (tertiary alicyclic amines) is 1. The van der Waals surface area contributed by atoms with Gasteiger partial charge in [-0.2, -0.15) is 0 Å². The molecule has 1 amide bonds. The van der Waals surface area contributed by atoms with Gasteiger partial charge in [-0.05, 0) is 34.6 Å². The van der Waals surface area contributed by atoms with Gasteiger partial charge in [0.15, 0.2) is 0 Å². The Morgan fingerprint density at radius 3 is 2.38 bits per heavy atom. The molecule has 5 nitrogen and oxygen atoms in total. The minimum Gasteiger partial charge on any atom is -0.460 e. The van der Waals surface area contributed by atoms with Crippen molar-refractivity contribution in [3.63, 3.8) is 0 Å². The van der Waals surface area contributed by atoms with Crippen LogP contribution in [0.3, 0.4) is 0 Å². The average Bonchev–Trinajstić information content (AvgIpc) is 2.08. The smallest absolute Gasteiger partial charge is 0.410 e. The first-order valence-electron chi connectivity index (χ1n) is 5.28. The van der Waals surface area contributed by atoms with Gasteiger partial charge in [0.2, 0.25) is 0 Å². The van der Waals surface area contributed by atoms with Crippen molar-refractivity contribution in [1.82, 2.24) is 4.90 Å². The molecule has 0 aromatic rings. The fourth-order valence-corrected chi connectivity index (χ4v) is 1.59. The van der Waals surface area contributed by atoms with E-state index in [1.807, 2.05) is 34.6 Å². The quantitative estimate of drug-likeness (QED) is 0.674. The third-order valence-corrected chi connectivity index (χ3v) is 2.67. The second-order valence-corrected chi connectivity index (χ2v) is 5.47. The van der Waals surface area contributed by atoms with Crippen LogP contribution in [0.5, 0.6) is 0 Å². The Kier molecular flexibility index (Phi) is 3.17. The second kappa shape index (κ2) is 3.96. The third-order valence-electron chi connectivity index (χ3n) is 2.67. The fourth-order valence-electron chi connectivity index (χ4n) is 1.59. The van der Waals surface area contributed by atoms with Gasteiger partial charge in [-0.15, -0.1) is 0 Å². The molecule has 1 aliphatic rings. The largest absolute Gasteiger partial charge is 0.460 e. The molecule has 1 unspecified atom stereocenters. The summed E-state index contributed by atoms with van der Waals surface area (Å²) in [7, 11) is 0. The highest BCUT2D eigenvalue weighted by Gasteiger charge is 2.51. The van der Waals surface area contributed by atoms with E-state index in [2.05, 4.69) is 0 Å². The number of carbonyl (C=O) groups is 2. The predicted octanol–water partition coefficient (Wildman–Crippen LogP) is 1.56. The molecule has 0 aromatic heterocycles. The van der Waals surface area contributed by atoms with Gasteiger partial charge >= 0.3 is 6.09 Å². The van der Waals surface area contributed by atoms with E-state index in [0.717, 1.165) is 0 Å². The molecule has 1 rings (SSSR count). The Bertz CT molecular complexity index is 293. The van der Waals surface area contributed by atoms with Crippen LogP contribution in [0.2, 0.25) is 0 Å². The molecule has 0 aliphatic carbocycles. The minimum atomic E-state index is -0.510. The molecule has 5 heteroatoms. The van der Waals surface area contributed by atoms with Gasteiger partial charge in [0.1, 0.15) is 11.7 Å². The van der Waals surface area contributed by atoms with E-state index >= 15 is 0 Å². The number of hydrogen-bond acceptors (Lipinski definition) is 4. The molecule has 16 heavy (non-hydrogen) atoms. The second-order valence-electron chi connectivity index (χ2n) is 5.47. The average molecular weight is 229 g/mol. The van der Waals surface area contributed by atoms with E-state index in [4.69, 9.17) is 9.47 Å². The van der Waals surface area contributed by atoms with Crippen LogP contribution in [0.1, 0.15) is 34.6 Å². The van der Waals surface area contributed by atoms with Gasteiger partial charge < -0.3 is 9.47 Å². The van der Waals surface area contributed by atoms with Crippen LogP contribution in [0, 0.1) is 0 Å². The first-order chi connectivity index (χ1) is 7.18. The lowest BCUT2D eigenvalue weighted by atomic mass is 9.86. The number of rotatable bonds is 2. The molecule has 0 spiro atoms. The summed E-state index contributed by atoms with van der Waals surface area (Å²) in [6.07, 6.45) is -0.624. The molecule has 1 atom stereocenters. The van der Waals surface area contributed by atoms with Crippen LogP contribution in [0.4, 0.5) is 4.79 Å². The first-order valence-corrected chi connectivity index (χ1v) is 5.28. The van der Waals surface area contributed by atoms with Crippen molar-refractivity contribution in [2.75, 3.05) is 6.54 Å². The monoisotopic (exact) mass is 229 g/mol. The molecule has 0 N–H and O–H groups in total. The lowest BCUT2D eigenvalue weighted by Gasteiger charge is -2.52. The van der Waals surface area contributed by atoms with Crippen LogP contribution >= 0.6 is 0 Å². The minimum absolute atomic E-state index is 0.252. The van der Waals surface area contributed by atoms with Crippen molar-refractivity contribution in [2.45, 2.75) is 51.9 Å². The van der Waals surface area contributed by atoms with E-state index in [0.29, 0.717) is 13.0 Å². The zero-order valence-electron chi connectivity index (χ0n) is 10.4. The Balaban J connectivity index is 2.59. The van der Waals surface area contributed by atoms with Crippen LogP contribution < -0.4 is 0 Å². The third kappa shape index (κ3) is 2.46. The van der Waals surface area contributed by atoms with Crippen LogP contribution in [-0.2, 0) is 14.3 Å². The summed E-state index contributed by atoms with van der Waals surface area (Å²) >= 11 is 0. The first kappa shape index (κ1) is 12.8. The Morgan fingerprint density at radius 2 is 2.00 bits per heavy atom. The van der Waals surface area contributed by atoms with Crippen molar-refractivity contribution in [3.8, 4) is 0 Å². The maximum Gasteiger partial charge on any atom is 0.410 e. The van der Waals surface area contributed by atoms with E-state index in [9.17, 15) is 9.59 Å². The SMILES string of the molecule is CC(C)(C)OC(=O)N1CC(OC=O)C1(C)C. The summed E-state index contributed by atoms with van der Waals surface area (Å²) in [4.78, 5) is 23.6. The maximum absolute atomic E-state index is 11.8. The van der Waals surface area contributed by atoms with Gasteiger partial charge in [-0.3, -0.25) is 9.69 Å². The maximum atomic E-state index is 11.8. The number of hydrogen-bond donors (Lipinski definition) is 0. The topological polar surface area (TPSA) is 55.8 Å². The lowest BCUT2D eigenvalue weighted by Crippen LogP contribution is -2.70. The summed E-state index contributed by atoms with van der Waals surface area (Å²) < 4.78 is 10.1. The molecule has 0 radical (unpaired) electrons. The Labute approximate surface area is 95.7 Å². The number of nitrogens with zero attached hydrogens (tertiary/aromatic N) is 1. The highest BCUT2D eigenvalue weighted by Crippen LogP contribution is 2.33. The van der Waals surface area contributed by atoms with Crippen LogP contribution in [-0.4, -0.2) is 41.3 Å². The molecule has 1 saturated heterocycles. The number of ether oxygens (including phenoxy) is 2. The Morgan fingerprint density at radius 1 is 1.44 bits per heavy atom. The lowest BCUT2D eigenvalue weighted by molar-refractivity contribution is -0.162. The molecular formula is C11H19NO4. The molecule has 92 valence electrons. The van der Waals surface area contributed by atoms with E-state index in [1.165, 1.54) is 0 Å².